The SMILES string of the molecule is CC(=O)/C(=C/N)N=C(C)C. The minimum Gasteiger partial charge on any atom is -0.403 e. The van der Waals surface area contributed by atoms with Crippen LogP contribution >= 0.6 is 0 Å². The summed E-state index contributed by atoms with van der Waals surface area (Å²) >= 11 is 0. The average molecular weight is 140 g/mol. The number of aliphatic imine (C=N–C) groups is 1. The maximum Gasteiger partial charge on any atom is 0.179 e. The molecule has 0 radical (unpaired) electrons. The van der Waals surface area contributed by atoms with Crippen molar-refractivity contribution in [2.75, 3.05) is 0 Å². The Balaban J connectivity index is 4.42. The van der Waals surface area contributed by atoms with Gasteiger partial charge in [-0.1, -0.05) is 0 Å². The van der Waals surface area contributed by atoms with Crippen LogP contribution in [-0.4, -0.2) is 11.5 Å². The predicted molar refractivity (Wildman–Crippen MR) is 41.7 cm³/mol. The van der Waals surface area contributed by atoms with Crippen LogP contribution in [0.5, 0.6) is 0 Å². The number of allylic oxidation sites excluding steroid dienone is 1. The maximum atomic E-state index is 10.7. The fourth-order valence-electron chi connectivity index (χ4n) is 0.474. The second-order valence-corrected chi connectivity index (χ2v) is 2.17. The number of carbonyl (C=O) groups excluding carboxylic acids is 1. The molecular weight excluding hydrogens is 128 g/mol. The lowest BCUT2D eigenvalue weighted by Crippen LogP contribution is -1.99. The number of ketones is 1. The number of carbonyl (C=O) groups is 1. The van der Waals surface area contributed by atoms with Gasteiger partial charge in [0.25, 0.3) is 0 Å². The summed E-state index contributed by atoms with van der Waals surface area (Å²) in [5, 5.41) is 0. The molecule has 0 aromatic heterocycles. The molecule has 0 aliphatic heterocycles. The molecule has 3 nitrogen and oxygen atoms in total. The molecule has 2 N–H and O–H groups in total. The first-order chi connectivity index (χ1) is 4.57. The van der Waals surface area contributed by atoms with E-state index in [4.69, 9.17) is 5.73 Å². The zero-order valence-corrected chi connectivity index (χ0v) is 6.51. The van der Waals surface area contributed by atoms with Crippen LogP contribution < -0.4 is 5.73 Å². The summed E-state index contributed by atoms with van der Waals surface area (Å²) in [5.74, 6) is -0.108. The van der Waals surface area contributed by atoms with Gasteiger partial charge in [-0.25, -0.2) is 0 Å². The molecule has 0 aromatic carbocycles. The molecule has 0 atom stereocenters. The van der Waals surface area contributed by atoms with Gasteiger partial charge in [-0.15, -0.1) is 0 Å². The van der Waals surface area contributed by atoms with Gasteiger partial charge in [-0.05, 0) is 13.8 Å². The van der Waals surface area contributed by atoms with Gasteiger partial charge in [-0.2, -0.15) is 0 Å². The molecule has 0 fully saturated rings. The Labute approximate surface area is 60.6 Å². The molecule has 0 heterocycles. The fraction of sp³-hybridized carbons (Fsp3) is 0.429. The van der Waals surface area contributed by atoms with E-state index < -0.39 is 0 Å². The van der Waals surface area contributed by atoms with Gasteiger partial charge in [0.15, 0.2) is 5.78 Å². The number of nitrogens with two attached hydrogens (primary N) is 1. The van der Waals surface area contributed by atoms with Gasteiger partial charge in [-0.3, -0.25) is 9.79 Å². The van der Waals surface area contributed by atoms with Crippen molar-refractivity contribution in [2.45, 2.75) is 20.8 Å². The molecule has 0 aromatic rings. The number of Topliss-reactive ketones (excluding diaryl/α,β-unsaturated/α-hetero) is 1. The predicted octanol–water partition coefficient (Wildman–Crippen LogP) is 0.856. The third kappa shape index (κ3) is 3.02. The van der Waals surface area contributed by atoms with E-state index in [1.807, 2.05) is 13.8 Å². The first-order valence-electron chi connectivity index (χ1n) is 3.02. The van der Waals surface area contributed by atoms with Crippen molar-refractivity contribution in [2.24, 2.45) is 10.7 Å². The monoisotopic (exact) mass is 140 g/mol. The van der Waals surface area contributed by atoms with Gasteiger partial charge >= 0.3 is 0 Å². The molecule has 56 valence electrons. The van der Waals surface area contributed by atoms with Gasteiger partial charge in [0.1, 0.15) is 5.70 Å². The minimum atomic E-state index is -0.108. The minimum absolute atomic E-state index is 0.108. The Hall–Kier alpha value is -1.12. The second-order valence-electron chi connectivity index (χ2n) is 2.17. The molecule has 10 heavy (non-hydrogen) atoms. The molecule has 0 rings (SSSR count). The molecule has 3 heteroatoms. The van der Waals surface area contributed by atoms with E-state index >= 15 is 0 Å². The van der Waals surface area contributed by atoms with Crippen molar-refractivity contribution in [3.63, 3.8) is 0 Å². The van der Waals surface area contributed by atoms with Crippen molar-refractivity contribution >= 4 is 11.5 Å². The van der Waals surface area contributed by atoms with Crippen LogP contribution in [0.1, 0.15) is 20.8 Å². The summed E-state index contributed by atoms with van der Waals surface area (Å²) in [6.45, 7) is 5.06. The van der Waals surface area contributed by atoms with Crippen LogP contribution in [-0.2, 0) is 4.79 Å². The first-order valence-corrected chi connectivity index (χ1v) is 3.02. The molecular formula is C7H12N2O. The standard InChI is InChI=1S/C7H12N2O/c1-5(2)9-7(4-8)6(3)10/h4H,8H2,1-3H3/b7-4-. The highest BCUT2D eigenvalue weighted by molar-refractivity contribution is 5.96. The molecule has 0 saturated heterocycles. The molecule has 0 unspecified atom stereocenters. The van der Waals surface area contributed by atoms with Crippen molar-refractivity contribution in [3.05, 3.63) is 11.9 Å². The largest absolute Gasteiger partial charge is 0.403 e. The number of nitrogens with zero attached hydrogens (tertiary/aromatic N) is 1. The fourth-order valence-corrected chi connectivity index (χ4v) is 0.474. The number of hydrogen-bond acceptors (Lipinski definition) is 3. The smallest absolute Gasteiger partial charge is 0.179 e. The van der Waals surface area contributed by atoms with Crippen LogP contribution in [0.2, 0.25) is 0 Å². The third-order valence-corrected chi connectivity index (χ3v) is 0.863. The van der Waals surface area contributed by atoms with E-state index in [0.29, 0.717) is 5.70 Å². The van der Waals surface area contributed by atoms with Crippen LogP contribution in [0.3, 0.4) is 0 Å². The second kappa shape index (κ2) is 3.82. The lowest BCUT2D eigenvalue weighted by atomic mass is 10.3. The summed E-state index contributed by atoms with van der Waals surface area (Å²) in [6.07, 6.45) is 1.22. The number of hydrogen-bond donors (Lipinski definition) is 1. The van der Waals surface area contributed by atoms with Crippen LogP contribution in [0.4, 0.5) is 0 Å². The maximum absolute atomic E-state index is 10.7. The highest BCUT2D eigenvalue weighted by Crippen LogP contribution is 1.96. The van der Waals surface area contributed by atoms with E-state index in [1.165, 1.54) is 13.1 Å². The Kier molecular flexibility index (Phi) is 3.39. The normalized spacial score (nSPS) is 10.9. The zero-order valence-electron chi connectivity index (χ0n) is 6.51. The lowest BCUT2D eigenvalue weighted by Gasteiger charge is -1.93. The van der Waals surface area contributed by atoms with Crippen molar-refractivity contribution in [1.82, 2.24) is 0 Å². The van der Waals surface area contributed by atoms with E-state index in [-0.39, 0.29) is 5.78 Å². The Morgan fingerprint density at radius 3 is 2.00 bits per heavy atom. The van der Waals surface area contributed by atoms with Crippen molar-refractivity contribution < 1.29 is 4.79 Å². The Morgan fingerprint density at radius 2 is 1.90 bits per heavy atom. The Morgan fingerprint density at radius 1 is 1.40 bits per heavy atom. The van der Waals surface area contributed by atoms with Crippen molar-refractivity contribution in [3.8, 4) is 0 Å². The van der Waals surface area contributed by atoms with Gasteiger partial charge in [0, 0.05) is 18.8 Å². The van der Waals surface area contributed by atoms with E-state index in [9.17, 15) is 4.79 Å². The van der Waals surface area contributed by atoms with E-state index in [1.54, 1.807) is 0 Å². The summed E-state index contributed by atoms with van der Waals surface area (Å²) in [7, 11) is 0. The highest BCUT2D eigenvalue weighted by atomic mass is 16.1. The van der Waals surface area contributed by atoms with E-state index in [2.05, 4.69) is 4.99 Å². The lowest BCUT2D eigenvalue weighted by molar-refractivity contribution is -0.113. The quantitative estimate of drug-likeness (QED) is 0.456. The molecule has 0 spiro atoms. The van der Waals surface area contributed by atoms with Crippen LogP contribution in [0.25, 0.3) is 0 Å². The average Bonchev–Trinajstić information content (AvgIpc) is 1.81. The topological polar surface area (TPSA) is 55.5 Å². The highest BCUT2D eigenvalue weighted by Gasteiger charge is 1.98. The summed E-state index contributed by atoms with van der Waals surface area (Å²) in [4.78, 5) is 14.6. The summed E-state index contributed by atoms with van der Waals surface area (Å²) < 4.78 is 0. The van der Waals surface area contributed by atoms with Gasteiger partial charge < -0.3 is 5.73 Å². The summed E-state index contributed by atoms with van der Waals surface area (Å²) in [6, 6.07) is 0. The molecule has 0 amide bonds. The Bertz CT molecular complexity index is 188. The van der Waals surface area contributed by atoms with Crippen molar-refractivity contribution in [1.29, 1.82) is 0 Å². The van der Waals surface area contributed by atoms with Crippen LogP contribution in [0.15, 0.2) is 16.9 Å². The third-order valence-electron chi connectivity index (χ3n) is 0.863. The van der Waals surface area contributed by atoms with Gasteiger partial charge in [0.2, 0.25) is 0 Å². The zero-order chi connectivity index (χ0) is 8.15. The molecule has 0 bridgehead atoms. The first kappa shape index (κ1) is 8.88. The summed E-state index contributed by atoms with van der Waals surface area (Å²) in [5.41, 5.74) is 6.28. The van der Waals surface area contributed by atoms with Gasteiger partial charge in [0.05, 0.1) is 0 Å². The van der Waals surface area contributed by atoms with E-state index in [0.717, 1.165) is 5.71 Å². The molecule has 0 aliphatic carbocycles. The molecule has 0 saturated carbocycles. The molecule has 0 aliphatic rings. The van der Waals surface area contributed by atoms with Crippen LogP contribution in [0, 0.1) is 0 Å². The number of rotatable bonds is 2.